The van der Waals surface area contributed by atoms with Crippen molar-refractivity contribution < 1.29 is 17.6 Å². The number of halogens is 4. The Bertz CT molecular complexity index is 558. The third kappa shape index (κ3) is 2.45. The van der Waals surface area contributed by atoms with Crippen LogP contribution in [-0.2, 0) is 6.18 Å². The normalized spacial score (nSPS) is 11.6. The molecule has 0 amide bonds. The fraction of sp³-hybridized carbons (Fsp3) is 0.0769. The molecule has 0 atom stereocenters. The van der Waals surface area contributed by atoms with E-state index in [0.29, 0.717) is 16.8 Å². The first kappa shape index (κ1) is 12.4. The summed E-state index contributed by atoms with van der Waals surface area (Å²) in [4.78, 5) is 0. The molecule has 0 saturated heterocycles. The molecule has 5 heteroatoms. The van der Waals surface area contributed by atoms with Gasteiger partial charge in [-0.1, -0.05) is 12.1 Å². The van der Waals surface area contributed by atoms with Gasteiger partial charge in [0.2, 0.25) is 0 Å². The van der Waals surface area contributed by atoms with Crippen LogP contribution in [-0.4, -0.2) is 0 Å². The summed E-state index contributed by atoms with van der Waals surface area (Å²) >= 11 is 0. The SMILES string of the molecule is Nc1ccc(F)cc1-c1ccc(C(F)(F)F)cc1. The molecule has 18 heavy (non-hydrogen) atoms. The molecule has 0 heterocycles. The Hall–Kier alpha value is -2.04. The minimum absolute atomic E-state index is 0.316. The molecule has 2 aromatic carbocycles. The monoisotopic (exact) mass is 255 g/mol. The van der Waals surface area contributed by atoms with Crippen LogP contribution < -0.4 is 5.73 Å². The standard InChI is InChI=1S/C13H9F4N/c14-10-5-6-12(18)11(7-10)8-1-3-9(4-2-8)13(15,16)17/h1-7H,18H2. The highest BCUT2D eigenvalue weighted by Crippen LogP contribution is 2.32. The van der Waals surface area contributed by atoms with E-state index in [1.54, 1.807) is 0 Å². The lowest BCUT2D eigenvalue weighted by Gasteiger charge is -2.09. The van der Waals surface area contributed by atoms with E-state index in [-0.39, 0.29) is 0 Å². The Morgan fingerprint density at radius 2 is 1.50 bits per heavy atom. The summed E-state index contributed by atoms with van der Waals surface area (Å²) in [5.74, 6) is -0.487. The van der Waals surface area contributed by atoms with Crippen LogP contribution in [0.4, 0.5) is 23.2 Å². The Balaban J connectivity index is 2.43. The summed E-state index contributed by atoms with van der Waals surface area (Å²) in [6, 6.07) is 8.20. The van der Waals surface area contributed by atoms with Crippen LogP contribution in [0.3, 0.4) is 0 Å². The highest BCUT2D eigenvalue weighted by molar-refractivity contribution is 5.76. The molecule has 0 saturated carbocycles. The van der Waals surface area contributed by atoms with Crippen molar-refractivity contribution in [3.05, 3.63) is 53.8 Å². The molecule has 0 aromatic heterocycles. The van der Waals surface area contributed by atoms with Crippen molar-refractivity contribution in [1.82, 2.24) is 0 Å². The first-order chi connectivity index (χ1) is 8.38. The molecule has 0 bridgehead atoms. The molecule has 2 rings (SSSR count). The third-order valence-corrected chi connectivity index (χ3v) is 2.54. The smallest absolute Gasteiger partial charge is 0.398 e. The zero-order valence-corrected chi connectivity index (χ0v) is 9.13. The molecule has 2 aromatic rings. The van der Waals surface area contributed by atoms with Gasteiger partial charge in [0.1, 0.15) is 5.82 Å². The minimum atomic E-state index is -4.38. The van der Waals surface area contributed by atoms with Gasteiger partial charge < -0.3 is 5.73 Å². The highest BCUT2D eigenvalue weighted by atomic mass is 19.4. The van der Waals surface area contributed by atoms with E-state index in [0.717, 1.165) is 12.1 Å². The number of nitrogen functional groups attached to an aromatic ring is 1. The van der Waals surface area contributed by atoms with Crippen LogP contribution in [0.1, 0.15) is 5.56 Å². The minimum Gasteiger partial charge on any atom is -0.398 e. The number of hydrogen-bond acceptors (Lipinski definition) is 1. The van der Waals surface area contributed by atoms with Gasteiger partial charge in [-0.15, -0.1) is 0 Å². The Morgan fingerprint density at radius 3 is 2.06 bits per heavy atom. The Morgan fingerprint density at radius 1 is 0.889 bits per heavy atom. The van der Waals surface area contributed by atoms with Gasteiger partial charge in [0.25, 0.3) is 0 Å². The van der Waals surface area contributed by atoms with E-state index in [2.05, 4.69) is 0 Å². The maximum absolute atomic E-state index is 13.1. The predicted octanol–water partition coefficient (Wildman–Crippen LogP) is 4.09. The van der Waals surface area contributed by atoms with Gasteiger partial charge in [-0.2, -0.15) is 13.2 Å². The van der Waals surface area contributed by atoms with Gasteiger partial charge in [0.15, 0.2) is 0 Å². The largest absolute Gasteiger partial charge is 0.416 e. The number of anilines is 1. The Labute approximate surface area is 101 Å². The number of rotatable bonds is 1. The third-order valence-electron chi connectivity index (χ3n) is 2.54. The fourth-order valence-electron chi connectivity index (χ4n) is 1.62. The molecule has 2 N–H and O–H groups in total. The first-order valence-corrected chi connectivity index (χ1v) is 5.10. The van der Waals surface area contributed by atoms with Gasteiger partial charge in [-0.25, -0.2) is 4.39 Å². The van der Waals surface area contributed by atoms with Gasteiger partial charge in [-0.05, 0) is 35.9 Å². The fourth-order valence-corrected chi connectivity index (χ4v) is 1.62. The van der Waals surface area contributed by atoms with E-state index >= 15 is 0 Å². The van der Waals surface area contributed by atoms with Gasteiger partial charge in [-0.3, -0.25) is 0 Å². The van der Waals surface area contributed by atoms with Crippen molar-refractivity contribution in [2.24, 2.45) is 0 Å². The molecule has 0 unspecified atom stereocenters. The van der Waals surface area contributed by atoms with Crippen LogP contribution >= 0.6 is 0 Å². The first-order valence-electron chi connectivity index (χ1n) is 5.10. The van der Waals surface area contributed by atoms with Crippen LogP contribution in [0.2, 0.25) is 0 Å². The van der Waals surface area contributed by atoms with Crippen molar-refractivity contribution in [2.45, 2.75) is 6.18 Å². The summed E-state index contributed by atoms with van der Waals surface area (Å²) in [5, 5.41) is 0. The number of alkyl halides is 3. The molecule has 0 fully saturated rings. The Kier molecular flexibility index (Phi) is 2.98. The average molecular weight is 255 g/mol. The summed E-state index contributed by atoms with van der Waals surface area (Å²) in [6.07, 6.45) is -4.38. The molecule has 0 radical (unpaired) electrons. The molecule has 0 aliphatic rings. The van der Waals surface area contributed by atoms with E-state index in [9.17, 15) is 17.6 Å². The van der Waals surface area contributed by atoms with Gasteiger partial charge in [0.05, 0.1) is 5.56 Å². The highest BCUT2D eigenvalue weighted by Gasteiger charge is 2.30. The lowest BCUT2D eigenvalue weighted by Crippen LogP contribution is -2.04. The van der Waals surface area contributed by atoms with E-state index in [1.165, 1.54) is 30.3 Å². The van der Waals surface area contributed by atoms with E-state index in [1.807, 2.05) is 0 Å². The molecule has 0 aliphatic carbocycles. The quantitative estimate of drug-likeness (QED) is 0.602. The van der Waals surface area contributed by atoms with Crippen molar-refractivity contribution in [3.8, 4) is 11.1 Å². The maximum Gasteiger partial charge on any atom is 0.416 e. The topological polar surface area (TPSA) is 26.0 Å². The molecule has 94 valence electrons. The van der Waals surface area contributed by atoms with Crippen molar-refractivity contribution in [3.63, 3.8) is 0 Å². The van der Waals surface area contributed by atoms with Gasteiger partial charge in [0, 0.05) is 11.3 Å². The molecule has 0 aliphatic heterocycles. The lowest BCUT2D eigenvalue weighted by atomic mass is 10.0. The molecule has 0 spiro atoms. The van der Waals surface area contributed by atoms with E-state index in [4.69, 9.17) is 5.73 Å². The van der Waals surface area contributed by atoms with Crippen molar-refractivity contribution in [1.29, 1.82) is 0 Å². The summed E-state index contributed by atoms with van der Waals surface area (Å²) in [7, 11) is 0. The second-order valence-corrected chi connectivity index (χ2v) is 3.81. The molecule has 1 nitrogen and oxygen atoms in total. The van der Waals surface area contributed by atoms with Crippen LogP contribution in [0, 0.1) is 5.82 Å². The number of hydrogen-bond donors (Lipinski definition) is 1. The second kappa shape index (κ2) is 4.33. The van der Waals surface area contributed by atoms with E-state index < -0.39 is 17.6 Å². The number of nitrogens with two attached hydrogens (primary N) is 1. The van der Waals surface area contributed by atoms with Gasteiger partial charge >= 0.3 is 6.18 Å². The van der Waals surface area contributed by atoms with Crippen molar-refractivity contribution in [2.75, 3.05) is 5.73 Å². The van der Waals surface area contributed by atoms with Crippen LogP contribution in [0.15, 0.2) is 42.5 Å². The average Bonchev–Trinajstić information content (AvgIpc) is 2.31. The maximum atomic E-state index is 13.1. The lowest BCUT2D eigenvalue weighted by molar-refractivity contribution is -0.137. The van der Waals surface area contributed by atoms with Crippen LogP contribution in [0.25, 0.3) is 11.1 Å². The summed E-state index contributed by atoms with van der Waals surface area (Å²) < 4.78 is 50.2. The van der Waals surface area contributed by atoms with Crippen LogP contribution in [0.5, 0.6) is 0 Å². The zero-order chi connectivity index (χ0) is 13.3. The summed E-state index contributed by atoms with van der Waals surface area (Å²) in [5.41, 5.74) is 6.05. The zero-order valence-electron chi connectivity index (χ0n) is 9.13. The number of benzene rings is 2. The summed E-state index contributed by atoms with van der Waals surface area (Å²) in [6.45, 7) is 0. The molecular formula is C13H9F4N. The predicted molar refractivity (Wildman–Crippen MR) is 61.3 cm³/mol. The second-order valence-electron chi connectivity index (χ2n) is 3.81. The van der Waals surface area contributed by atoms with Crippen molar-refractivity contribution >= 4 is 5.69 Å². The molecular weight excluding hydrogens is 246 g/mol.